The number of H-pyrrole nitrogens is 1. The summed E-state index contributed by atoms with van der Waals surface area (Å²) in [5.74, 6) is 1.59. The van der Waals surface area contributed by atoms with Crippen LogP contribution in [0.15, 0.2) is 60.7 Å². The number of amides is 1. The lowest BCUT2D eigenvalue weighted by Crippen LogP contribution is -2.16. The molecule has 0 aliphatic heterocycles. The van der Waals surface area contributed by atoms with Crippen molar-refractivity contribution in [3.05, 3.63) is 60.7 Å². The summed E-state index contributed by atoms with van der Waals surface area (Å²) in [5, 5.41) is 9.49. The van der Waals surface area contributed by atoms with Gasteiger partial charge in [0, 0.05) is 11.6 Å². The molecular weight excluding hydrogens is 294 g/mol. The summed E-state index contributed by atoms with van der Waals surface area (Å²) >= 11 is 0. The highest BCUT2D eigenvalue weighted by molar-refractivity contribution is 5.86. The first-order chi connectivity index (χ1) is 11.2. The fourth-order valence-corrected chi connectivity index (χ4v) is 2.05. The number of methoxy groups -OCH3 is 1. The molecule has 2 aromatic carbocycles. The molecule has 0 unspecified atom stereocenters. The topological polar surface area (TPSA) is 76.2 Å². The number of benzene rings is 2. The van der Waals surface area contributed by atoms with Crippen LogP contribution in [-0.4, -0.2) is 23.4 Å². The van der Waals surface area contributed by atoms with E-state index in [9.17, 15) is 4.79 Å². The number of rotatable bonds is 4. The van der Waals surface area contributed by atoms with E-state index in [0.29, 0.717) is 11.6 Å². The van der Waals surface area contributed by atoms with Gasteiger partial charge in [0.25, 0.3) is 0 Å². The van der Waals surface area contributed by atoms with Crippen molar-refractivity contribution >= 4 is 11.9 Å². The number of nitrogens with zero attached hydrogens (tertiary/aromatic N) is 1. The highest BCUT2D eigenvalue weighted by atomic mass is 16.6. The zero-order chi connectivity index (χ0) is 16.1. The standard InChI is InChI=1S/C17H15N3O3/c1-22-14-9-5-6-12(10-14)15-11-16(20-19-15)18-17(21)23-13-7-3-2-4-8-13/h2-11H,1H3,(H2,18,19,20,21). The van der Waals surface area contributed by atoms with Gasteiger partial charge in [0.2, 0.25) is 0 Å². The maximum atomic E-state index is 11.8. The van der Waals surface area contributed by atoms with E-state index in [2.05, 4.69) is 15.5 Å². The predicted octanol–water partition coefficient (Wildman–Crippen LogP) is 3.70. The minimum absolute atomic E-state index is 0.378. The van der Waals surface area contributed by atoms with Crippen LogP contribution in [-0.2, 0) is 0 Å². The Kier molecular flexibility index (Phi) is 4.24. The summed E-state index contributed by atoms with van der Waals surface area (Å²) in [7, 11) is 1.61. The molecular formula is C17H15N3O3. The van der Waals surface area contributed by atoms with Crippen molar-refractivity contribution in [2.75, 3.05) is 12.4 Å². The molecule has 2 N–H and O–H groups in total. The maximum Gasteiger partial charge on any atom is 0.418 e. The Morgan fingerprint density at radius 2 is 1.83 bits per heavy atom. The first-order valence-electron chi connectivity index (χ1n) is 6.98. The normalized spacial score (nSPS) is 10.1. The SMILES string of the molecule is COc1cccc(-c2cc(NC(=O)Oc3ccccc3)n[nH]2)c1. The molecule has 0 saturated heterocycles. The van der Waals surface area contributed by atoms with Crippen LogP contribution in [0.1, 0.15) is 0 Å². The summed E-state index contributed by atoms with van der Waals surface area (Å²) in [6.07, 6.45) is -0.597. The molecule has 116 valence electrons. The second kappa shape index (κ2) is 6.65. The molecule has 0 saturated carbocycles. The fourth-order valence-electron chi connectivity index (χ4n) is 2.05. The number of hydrogen-bond acceptors (Lipinski definition) is 4. The zero-order valence-corrected chi connectivity index (χ0v) is 12.4. The number of hydrogen-bond donors (Lipinski definition) is 2. The van der Waals surface area contributed by atoms with Crippen molar-refractivity contribution in [2.24, 2.45) is 0 Å². The van der Waals surface area contributed by atoms with Crippen LogP contribution in [0.25, 0.3) is 11.3 Å². The third-order valence-electron chi connectivity index (χ3n) is 3.14. The van der Waals surface area contributed by atoms with Gasteiger partial charge in [-0.25, -0.2) is 4.79 Å². The Morgan fingerprint density at radius 1 is 1.04 bits per heavy atom. The Morgan fingerprint density at radius 3 is 2.61 bits per heavy atom. The van der Waals surface area contributed by atoms with Crippen molar-refractivity contribution in [1.82, 2.24) is 10.2 Å². The van der Waals surface area contributed by atoms with Gasteiger partial charge < -0.3 is 9.47 Å². The van der Waals surface area contributed by atoms with Gasteiger partial charge in [0.1, 0.15) is 11.5 Å². The molecule has 0 radical (unpaired) electrons. The van der Waals surface area contributed by atoms with Crippen LogP contribution in [0.3, 0.4) is 0 Å². The summed E-state index contributed by atoms with van der Waals surface area (Å²) in [5.41, 5.74) is 1.67. The van der Waals surface area contributed by atoms with E-state index >= 15 is 0 Å². The van der Waals surface area contributed by atoms with Crippen LogP contribution in [0.2, 0.25) is 0 Å². The minimum atomic E-state index is -0.597. The van der Waals surface area contributed by atoms with Crippen LogP contribution < -0.4 is 14.8 Å². The van der Waals surface area contributed by atoms with E-state index in [1.54, 1.807) is 37.4 Å². The molecule has 23 heavy (non-hydrogen) atoms. The lowest BCUT2D eigenvalue weighted by Gasteiger charge is -2.03. The number of ether oxygens (including phenoxy) is 2. The number of aromatic amines is 1. The summed E-state index contributed by atoms with van der Waals surface area (Å²) in [4.78, 5) is 11.8. The molecule has 6 nitrogen and oxygen atoms in total. The van der Waals surface area contributed by atoms with Gasteiger partial charge in [-0.2, -0.15) is 5.10 Å². The second-order valence-corrected chi connectivity index (χ2v) is 4.73. The van der Waals surface area contributed by atoms with Gasteiger partial charge in [0.15, 0.2) is 5.82 Å². The van der Waals surface area contributed by atoms with E-state index in [4.69, 9.17) is 9.47 Å². The highest BCUT2D eigenvalue weighted by Gasteiger charge is 2.09. The quantitative estimate of drug-likeness (QED) is 0.770. The number of carbonyl (C=O) groups excluding carboxylic acids is 1. The van der Waals surface area contributed by atoms with Gasteiger partial charge in [-0.05, 0) is 24.3 Å². The van der Waals surface area contributed by atoms with Crippen LogP contribution in [0.4, 0.5) is 10.6 Å². The predicted molar refractivity (Wildman–Crippen MR) is 86.7 cm³/mol. The average molecular weight is 309 g/mol. The van der Waals surface area contributed by atoms with Crippen LogP contribution >= 0.6 is 0 Å². The molecule has 0 spiro atoms. The largest absolute Gasteiger partial charge is 0.497 e. The minimum Gasteiger partial charge on any atom is -0.497 e. The van der Waals surface area contributed by atoms with Gasteiger partial charge in [-0.1, -0.05) is 30.3 Å². The van der Waals surface area contributed by atoms with Gasteiger partial charge in [-0.3, -0.25) is 10.4 Å². The Hall–Kier alpha value is -3.28. The van der Waals surface area contributed by atoms with E-state index in [-0.39, 0.29) is 0 Å². The molecule has 3 aromatic rings. The smallest absolute Gasteiger partial charge is 0.418 e. The van der Waals surface area contributed by atoms with E-state index < -0.39 is 6.09 Å². The highest BCUT2D eigenvalue weighted by Crippen LogP contribution is 2.23. The monoisotopic (exact) mass is 309 g/mol. The Balaban J connectivity index is 1.68. The van der Waals surface area contributed by atoms with Crippen molar-refractivity contribution in [2.45, 2.75) is 0 Å². The molecule has 0 aliphatic carbocycles. The van der Waals surface area contributed by atoms with E-state index in [0.717, 1.165) is 17.0 Å². The summed E-state index contributed by atoms with van der Waals surface area (Å²) < 4.78 is 10.3. The number of carbonyl (C=O) groups is 1. The summed E-state index contributed by atoms with van der Waals surface area (Å²) in [6.45, 7) is 0. The molecule has 1 heterocycles. The molecule has 0 atom stereocenters. The Labute approximate surface area is 133 Å². The van der Waals surface area contributed by atoms with Gasteiger partial charge >= 0.3 is 6.09 Å². The average Bonchev–Trinajstić information content (AvgIpc) is 3.04. The number of nitrogens with one attached hydrogen (secondary N) is 2. The van der Waals surface area contributed by atoms with Gasteiger partial charge in [0.05, 0.1) is 12.8 Å². The molecule has 6 heteroatoms. The fraction of sp³-hybridized carbons (Fsp3) is 0.0588. The summed E-state index contributed by atoms with van der Waals surface area (Å²) in [6, 6.07) is 18.1. The van der Waals surface area contributed by atoms with Crippen LogP contribution in [0.5, 0.6) is 11.5 Å². The van der Waals surface area contributed by atoms with Crippen molar-refractivity contribution in [3.63, 3.8) is 0 Å². The third-order valence-corrected chi connectivity index (χ3v) is 3.14. The van der Waals surface area contributed by atoms with Gasteiger partial charge in [-0.15, -0.1) is 0 Å². The van der Waals surface area contributed by atoms with E-state index in [1.165, 1.54) is 0 Å². The molecule has 0 bridgehead atoms. The number of aromatic nitrogens is 2. The first kappa shape index (κ1) is 14.6. The van der Waals surface area contributed by atoms with Crippen molar-refractivity contribution < 1.29 is 14.3 Å². The first-order valence-corrected chi connectivity index (χ1v) is 6.98. The lowest BCUT2D eigenvalue weighted by molar-refractivity contribution is 0.215. The van der Waals surface area contributed by atoms with Crippen LogP contribution in [0, 0.1) is 0 Å². The third kappa shape index (κ3) is 3.68. The molecule has 1 aromatic heterocycles. The number of para-hydroxylation sites is 1. The lowest BCUT2D eigenvalue weighted by atomic mass is 10.1. The maximum absolute atomic E-state index is 11.8. The molecule has 3 rings (SSSR count). The van der Waals surface area contributed by atoms with Crippen molar-refractivity contribution in [3.8, 4) is 22.8 Å². The molecule has 0 aliphatic rings. The number of anilines is 1. The molecule has 0 fully saturated rings. The second-order valence-electron chi connectivity index (χ2n) is 4.73. The zero-order valence-electron chi connectivity index (χ0n) is 12.4. The Bertz CT molecular complexity index is 800. The van der Waals surface area contributed by atoms with E-state index in [1.807, 2.05) is 30.3 Å². The van der Waals surface area contributed by atoms with Crippen molar-refractivity contribution in [1.29, 1.82) is 0 Å². The molecule has 1 amide bonds.